The number of hydrogen-bond donors (Lipinski definition) is 2. The van der Waals surface area contributed by atoms with Gasteiger partial charge in [-0.1, -0.05) is 20.8 Å². The molecule has 0 fully saturated rings. The molecule has 0 spiro atoms. The Balaban J connectivity index is 1.27. The highest BCUT2D eigenvalue weighted by Crippen LogP contribution is 2.44. The van der Waals surface area contributed by atoms with Crippen molar-refractivity contribution in [3.8, 4) is 11.4 Å². The number of pyridine rings is 1. The normalized spacial score (nSPS) is 15.0. The van der Waals surface area contributed by atoms with Crippen LogP contribution < -0.4 is 5.32 Å². The monoisotopic (exact) mass is 546 g/mol. The van der Waals surface area contributed by atoms with Crippen LogP contribution in [-0.2, 0) is 27.1 Å². The number of ether oxygens (including phenoxy) is 2. The third-order valence-electron chi connectivity index (χ3n) is 7.12. The Morgan fingerprint density at radius 3 is 2.72 bits per heavy atom. The Morgan fingerprint density at radius 2 is 2.00 bits per heavy atom. The predicted molar refractivity (Wildman–Crippen MR) is 149 cm³/mol. The summed E-state index contributed by atoms with van der Waals surface area (Å²) < 4.78 is 10.3. The lowest BCUT2D eigenvalue weighted by atomic mass is 9.72. The quantitative estimate of drug-likeness (QED) is 0.310. The van der Waals surface area contributed by atoms with E-state index in [0.717, 1.165) is 35.3 Å². The first-order valence-corrected chi connectivity index (χ1v) is 13.6. The number of thiophene rings is 1. The molecular formula is C29H30N4O5S. The summed E-state index contributed by atoms with van der Waals surface area (Å²) >= 11 is 1.40. The smallest absolute Gasteiger partial charge is 0.341 e. The number of aromatic amines is 1. The van der Waals surface area contributed by atoms with Crippen molar-refractivity contribution < 1.29 is 23.9 Å². The van der Waals surface area contributed by atoms with Crippen molar-refractivity contribution in [1.82, 2.24) is 15.0 Å². The fourth-order valence-electron chi connectivity index (χ4n) is 4.88. The molecule has 9 nitrogen and oxygen atoms in total. The van der Waals surface area contributed by atoms with Crippen LogP contribution >= 0.6 is 11.3 Å². The zero-order valence-electron chi connectivity index (χ0n) is 22.3. The van der Waals surface area contributed by atoms with E-state index >= 15 is 0 Å². The number of imidazole rings is 1. The largest absolute Gasteiger partial charge is 0.465 e. The molecule has 5 rings (SSSR count). The van der Waals surface area contributed by atoms with Crippen LogP contribution in [0.15, 0.2) is 42.7 Å². The van der Waals surface area contributed by atoms with E-state index in [2.05, 4.69) is 41.0 Å². The molecule has 0 radical (unpaired) electrons. The lowest BCUT2D eigenvalue weighted by Gasteiger charge is -2.33. The Bertz CT molecular complexity index is 1550. The summed E-state index contributed by atoms with van der Waals surface area (Å²) in [4.78, 5) is 51.0. The highest BCUT2D eigenvalue weighted by molar-refractivity contribution is 7.17. The van der Waals surface area contributed by atoms with E-state index in [0.29, 0.717) is 33.3 Å². The number of methoxy groups -OCH3 is 1. The SMILES string of the molecule is COC(=O)c1c(NC(=O)COC(=O)c2ccc3nc(-c4cccnc4)[nH]c3c2)sc2c1CCC(C(C)(C)C)C2. The van der Waals surface area contributed by atoms with Crippen molar-refractivity contribution in [2.45, 2.75) is 40.0 Å². The zero-order valence-corrected chi connectivity index (χ0v) is 23.1. The van der Waals surface area contributed by atoms with Crippen molar-refractivity contribution in [3.05, 3.63) is 64.3 Å². The Hall–Kier alpha value is -4.05. The Morgan fingerprint density at radius 1 is 1.18 bits per heavy atom. The molecule has 0 saturated carbocycles. The number of rotatable bonds is 6. The fraction of sp³-hybridized carbons (Fsp3) is 0.345. The van der Waals surface area contributed by atoms with Crippen LogP contribution in [0.1, 0.15) is 58.3 Å². The van der Waals surface area contributed by atoms with E-state index in [1.807, 2.05) is 12.1 Å². The van der Waals surface area contributed by atoms with Crippen LogP contribution in [0.4, 0.5) is 5.00 Å². The van der Waals surface area contributed by atoms with Crippen molar-refractivity contribution in [2.24, 2.45) is 11.3 Å². The molecule has 0 saturated heterocycles. The summed E-state index contributed by atoms with van der Waals surface area (Å²) in [5.74, 6) is -0.534. The first-order valence-electron chi connectivity index (χ1n) is 12.7. The van der Waals surface area contributed by atoms with Crippen LogP contribution in [0.5, 0.6) is 0 Å². The molecular weight excluding hydrogens is 516 g/mol. The molecule has 1 aliphatic rings. The van der Waals surface area contributed by atoms with E-state index in [1.54, 1.807) is 30.6 Å². The van der Waals surface area contributed by atoms with Gasteiger partial charge in [-0.2, -0.15) is 0 Å². The van der Waals surface area contributed by atoms with E-state index in [1.165, 1.54) is 18.4 Å². The van der Waals surface area contributed by atoms with Crippen molar-refractivity contribution >= 4 is 45.2 Å². The summed E-state index contributed by atoms with van der Waals surface area (Å²) in [5, 5.41) is 3.21. The van der Waals surface area contributed by atoms with Gasteiger partial charge in [-0.05, 0) is 66.5 Å². The molecule has 0 aliphatic heterocycles. The summed E-state index contributed by atoms with van der Waals surface area (Å²) in [7, 11) is 1.33. The minimum absolute atomic E-state index is 0.143. The molecule has 1 atom stereocenters. The van der Waals surface area contributed by atoms with E-state index in [-0.39, 0.29) is 11.0 Å². The van der Waals surface area contributed by atoms with Crippen LogP contribution in [0.3, 0.4) is 0 Å². The topological polar surface area (TPSA) is 123 Å². The van der Waals surface area contributed by atoms with Gasteiger partial charge in [-0.15, -0.1) is 11.3 Å². The molecule has 2 N–H and O–H groups in total. The average molecular weight is 547 g/mol. The van der Waals surface area contributed by atoms with Gasteiger partial charge in [0.25, 0.3) is 5.91 Å². The van der Waals surface area contributed by atoms with Gasteiger partial charge < -0.3 is 19.8 Å². The number of hydrogen-bond acceptors (Lipinski definition) is 8. The molecule has 202 valence electrons. The molecule has 1 unspecified atom stereocenters. The predicted octanol–water partition coefficient (Wildman–Crippen LogP) is 5.42. The number of benzene rings is 1. The van der Waals surface area contributed by atoms with Crippen LogP contribution in [-0.4, -0.2) is 46.5 Å². The van der Waals surface area contributed by atoms with Crippen LogP contribution in [0.25, 0.3) is 22.4 Å². The van der Waals surface area contributed by atoms with E-state index in [4.69, 9.17) is 9.47 Å². The third kappa shape index (κ3) is 5.56. The van der Waals surface area contributed by atoms with Gasteiger partial charge in [0, 0.05) is 22.8 Å². The number of H-pyrrole nitrogens is 1. The average Bonchev–Trinajstić information content (AvgIpc) is 3.51. The summed E-state index contributed by atoms with van der Waals surface area (Å²) in [6, 6.07) is 8.66. The first kappa shape index (κ1) is 26.6. The second-order valence-electron chi connectivity index (χ2n) is 10.7. The first-order chi connectivity index (χ1) is 18.6. The van der Waals surface area contributed by atoms with Gasteiger partial charge in [-0.3, -0.25) is 9.78 Å². The molecule has 0 bridgehead atoms. The standard InChI is InChI=1S/C29H30N4O5S/c1-29(2,3)18-8-9-19-22(13-18)39-26(24(19)28(36)37-4)33-23(34)15-38-27(35)16-7-10-20-21(12-16)32-25(31-20)17-6-5-11-30-14-17/h5-7,10-12,14,18H,8-9,13,15H2,1-4H3,(H,31,32)(H,33,34). The molecule has 3 aromatic heterocycles. The lowest BCUT2D eigenvalue weighted by molar-refractivity contribution is -0.119. The summed E-state index contributed by atoms with van der Waals surface area (Å²) in [5.41, 5.74) is 3.94. The fourth-order valence-corrected chi connectivity index (χ4v) is 6.22. The molecule has 1 aliphatic carbocycles. The molecule has 4 aromatic rings. The molecule has 1 amide bonds. The number of carbonyl (C=O) groups excluding carboxylic acids is 3. The number of amides is 1. The maximum absolute atomic E-state index is 12.8. The molecule has 39 heavy (non-hydrogen) atoms. The number of fused-ring (bicyclic) bond motifs is 2. The maximum Gasteiger partial charge on any atom is 0.341 e. The highest BCUT2D eigenvalue weighted by atomic mass is 32.1. The van der Waals surface area contributed by atoms with Gasteiger partial charge in [-0.25, -0.2) is 14.6 Å². The summed E-state index contributed by atoms with van der Waals surface area (Å²) in [6.07, 6.45) is 5.94. The Kier molecular flexibility index (Phi) is 7.22. The van der Waals surface area contributed by atoms with Gasteiger partial charge in [0.2, 0.25) is 0 Å². The minimum Gasteiger partial charge on any atom is -0.465 e. The van der Waals surface area contributed by atoms with E-state index in [9.17, 15) is 14.4 Å². The number of anilines is 1. The van der Waals surface area contributed by atoms with Gasteiger partial charge in [0.15, 0.2) is 6.61 Å². The lowest BCUT2D eigenvalue weighted by Crippen LogP contribution is -2.26. The number of nitrogens with zero attached hydrogens (tertiary/aromatic N) is 2. The van der Waals surface area contributed by atoms with Crippen molar-refractivity contribution in [1.29, 1.82) is 0 Å². The number of esters is 2. The third-order valence-corrected chi connectivity index (χ3v) is 8.29. The summed E-state index contributed by atoms with van der Waals surface area (Å²) in [6.45, 7) is 6.17. The second-order valence-corrected chi connectivity index (χ2v) is 11.8. The van der Waals surface area contributed by atoms with Gasteiger partial charge in [0.1, 0.15) is 10.8 Å². The molecule has 1 aromatic carbocycles. The number of aromatic nitrogens is 3. The molecule has 3 heterocycles. The zero-order chi connectivity index (χ0) is 27.7. The Labute approximate surface area is 230 Å². The van der Waals surface area contributed by atoms with Gasteiger partial charge >= 0.3 is 11.9 Å². The highest BCUT2D eigenvalue weighted by Gasteiger charge is 2.34. The van der Waals surface area contributed by atoms with E-state index < -0.39 is 24.5 Å². The van der Waals surface area contributed by atoms with Gasteiger partial charge in [0.05, 0.1) is 29.3 Å². The maximum atomic E-state index is 12.8. The van der Waals surface area contributed by atoms with Crippen molar-refractivity contribution in [2.75, 3.05) is 19.0 Å². The van der Waals surface area contributed by atoms with Crippen LogP contribution in [0.2, 0.25) is 0 Å². The number of carbonyl (C=O) groups is 3. The number of nitrogens with one attached hydrogen (secondary N) is 2. The van der Waals surface area contributed by atoms with Crippen molar-refractivity contribution in [3.63, 3.8) is 0 Å². The second kappa shape index (κ2) is 10.6. The molecule has 10 heteroatoms. The van der Waals surface area contributed by atoms with Crippen LogP contribution in [0, 0.1) is 11.3 Å². The minimum atomic E-state index is -0.642.